The van der Waals surface area contributed by atoms with Crippen molar-refractivity contribution in [3.05, 3.63) is 0 Å². The number of rotatable bonds is 8. The van der Waals surface area contributed by atoms with Crippen molar-refractivity contribution in [1.82, 2.24) is 10.6 Å². The minimum absolute atomic E-state index is 0.157. The maximum absolute atomic E-state index is 13.3. The summed E-state index contributed by atoms with van der Waals surface area (Å²) in [6, 6.07) is -2.44. The van der Waals surface area contributed by atoms with Crippen LogP contribution in [-0.4, -0.2) is 74.5 Å². The Bertz CT molecular complexity index is 744. The Labute approximate surface area is 186 Å². The van der Waals surface area contributed by atoms with Gasteiger partial charge in [-0.2, -0.15) is 0 Å². The standard InChI is InChI=1S/C22H30N2O8/c1-5-29-15(25)19-9-20(16(26)30-6-2)13-22(18(28)32-8-4)10-21(11(19)23-13,17(27)31-7-3)12(19)24-14(20)22/h11-14,23-24H,5-10H2,1-4H3. The van der Waals surface area contributed by atoms with Crippen LogP contribution in [0.2, 0.25) is 0 Å². The van der Waals surface area contributed by atoms with Crippen LogP contribution in [0, 0.1) is 21.7 Å². The monoisotopic (exact) mass is 450 g/mol. The van der Waals surface area contributed by atoms with Gasteiger partial charge in [0, 0.05) is 24.2 Å². The molecule has 176 valence electrons. The highest BCUT2D eigenvalue weighted by molar-refractivity contribution is 5.99. The zero-order valence-corrected chi connectivity index (χ0v) is 18.8. The van der Waals surface area contributed by atoms with Crippen molar-refractivity contribution in [1.29, 1.82) is 0 Å². The first-order valence-electron chi connectivity index (χ1n) is 11.5. The van der Waals surface area contributed by atoms with Gasteiger partial charge in [-0.05, 0) is 40.5 Å². The van der Waals surface area contributed by atoms with Crippen LogP contribution < -0.4 is 10.6 Å². The third-order valence-corrected chi connectivity index (χ3v) is 8.58. The van der Waals surface area contributed by atoms with Crippen molar-refractivity contribution in [2.45, 2.75) is 64.7 Å². The molecule has 4 saturated heterocycles. The van der Waals surface area contributed by atoms with Crippen LogP contribution >= 0.6 is 0 Å². The van der Waals surface area contributed by atoms with Gasteiger partial charge in [-0.1, -0.05) is 0 Å². The van der Waals surface area contributed by atoms with Gasteiger partial charge in [0.1, 0.15) is 21.7 Å². The fourth-order valence-electron chi connectivity index (χ4n) is 7.91. The lowest BCUT2D eigenvalue weighted by atomic mass is 9.22. The Hall–Kier alpha value is -2.20. The van der Waals surface area contributed by atoms with E-state index in [2.05, 4.69) is 10.6 Å². The summed E-state index contributed by atoms with van der Waals surface area (Å²) in [5, 5.41) is 6.78. The second-order valence-electron chi connectivity index (χ2n) is 9.46. The Morgan fingerprint density at radius 3 is 0.969 bits per heavy atom. The van der Waals surface area contributed by atoms with Gasteiger partial charge in [0.15, 0.2) is 0 Å². The number of carbonyl (C=O) groups excluding carboxylic acids is 4. The van der Waals surface area contributed by atoms with Crippen LogP contribution in [0.5, 0.6) is 0 Å². The lowest BCUT2D eigenvalue weighted by molar-refractivity contribution is -0.348. The maximum Gasteiger partial charge on any atom is 0.315 e. The van der Waals surface area contributed by atoms with E-state index in [0.717, 1.165) is 0 Å². The van der Waals surface area contributed by atoms with E-state index in [-0.39, 0.29) is 39.3 Å². The van der Waals surface area contributed by atoms with Crippen molar-refractivity contribution >= 4 is 23.9 Å². The van der Waals surface area contributed by atoms with Crippen LogP contribution in [0.3, 0.4) is 0 Å². The molecule has 4 aliphatic heterocycles. The second-order valence-corrected chi connectivity index (χ2v) is 9.46. The number of hydrogen-bond acceptors (Lipinski definition) is 10. The van der Waals surface area contributed by atoms with Crippen LogP contribution in [0.1, 0.15) is 40.5 Å². The molecule has 0 radical (unpaired) electrons. The molecular formula is C22H30N2O8. The molecule has 32 heavy (non-hydrogen) atoms. The number of hydrogen-bond donors (Lipinski definition) is 2. The zero-order valence-electron chi connectivity index (χ0n) is 18.8. The highest BCUT2D eigenvalue weighted by atomic mass is 16.5. The molecule has 0 spiro atoms. The number of piperidine rings is 4. The number of esters is 4. The van der Waals surface area contributed by atoms with Gasteiger partial charge in [0.25, 0.3) is 0 Å². The average Bonchev–Trinajstić information content (AvgIpc) is 2.73. The van der Waals surface area contributed by atoms with Gasteiger partial charge in [-0.3, -0.25) is 19.2 Å². The van der Waals surface area contributed by atoms with Crippen LogP contribution in [0.4, 0.5) is 0 Å². The molecule has 10 heteroatoms. The molecule has 0 aromatic heterocycles. The van der Waals surface area contributed by atoms with E-state index in [1.54, 1.807) is 27.7 Å². The molecule has 10 nitrogen and oxygen atoms in total. The van der Waals surface area contributed by atoms with Crippen molar-refractivity contribution in [3.63, 3.8) is 0 Å². The van der Waals surface area contributed by atoms with E-state index in [1.165, 1.54) is 0 Å². The fraction of sp³-hybridized carbons (Fsp3) is 0.818. The first kappa shape index (κ1) is 21.6. The van der Waals surface area contributed by atoms with Crippen LogP contribution in [0.15, 0.2) is 0 Å². The first-order chi connectivity index (χ1) is 15.3. The van der Waals surface area contributed by atoms with Gasteiger partial charge >= 0.3 is 23.9 Å². The summed E-state index contributed by atoms with van der Waals surface area (Å²) in [7, 11) is 0. The van der Waals surface area contributed by atoms with E-state index in [9.17, 15) is 19.2 Å². The highest BCUT2D eigenvalue weighted by Gasteiger charge is 2.98. The Morgan fingerprint density at radius 1 is 0.562 bits per heavy atom. The van der Waals surface area contributed by atoms with Crippen molar-refractivity contribution in [2.75, 3.05) is 26.4 Å². The summed E-state index contributed by atoms with van der Waals surface area (Å²) in [6.45, 7) is 7.60. The number of carbonyl (C=O) groups is 4. The van der Waals surface area contributed by atoms with E-state index in [1.807, 2.05) is 0 Å². The summed E-state index contributed by atoms with van der Waals surface area (Å²) in [5.74, 6) is -1.81. The average molecular weight is 450 g/mol. The summed E-state index contributed by atoms with van der Waals surface area (Å²) < 4.78 is 21.8. The lowest BCUT2D eigenvalue weighted by Gasteiger charge is -2.87. The SMILES string of the molecule is CCOC(=O)C12CC3(C(=O)OCC)C4NC1C1(C(=O)OCC)CC4(C(=O)OCC)C3NC21. The number of ether oxygens (including phenoxy) is 4. The minimum Gasteiger partial charge on any atom is -0.465 e. The molecular weight excluding hydrogens is 420 g/mol. The van der Waals surface area contributed by atoms with Crippen molar-refractivity contribution in [3.8, 4) is 0 Å². The molecule has 2 aliphatic carbocycles. The van der Waals surface area contributed by atoms with E-state index >= 15 is 0 Å². The molecule has 6 aliphatic rings. The molecule has 8 bridgehead atoms. The largest absolute Gasteiger partial charge is 0.465 e. The molecule has 0 atom stereocenters. The Balaban J connectivity index is 1.67. The third kappa shape index (κ3) is 1.93. The summed E-state index contributed by atoms with van der Waals surface area (Å²) in [4.78, 5) is 53.3. The molecule has 0 aromatic carbocycles. The van der Waals surface area contributed by atoms with Crippen LogP contribution in [-0.2, 0) is 38.1 Å². The van der Waals surface area contributed by atoms with Gasteiger partial charge in [0.2, 0.25) is 0 Å². The van der Waals surface area contributed by atoms with E-state index < -0.39 is 69.7 Å². The zero-order chi connectivity index (χ0) is 23.1. The molecule has 4 heterocycles. The van der Waals surface area contributed by atoms with Crippen LogP contribution in [0.25, 0.3) is 0 Å². The Kier molecular flexibility index (Phi) is 4.50. The van der Waals surface area contributed by atoms with E-state index in [4.69, 9.17) is 18.9 Å². The summed E-state index contributed by atoms with van der Waals surface area (Å²) in [6.07, 6.45) is 0.315. The third-order valence-electron chi connectivity index (χ3n) is 8.58. The van der Waals surface area contributed by atoms with Gasteiger partial charge in [-0.25, -0.2) is 0 Å². The smallest absolute Gasteiger partial charge is 0.315 e. The second kappa shape index (κ2) is 6.66. The van der Waals surface area contributed by atoms with Crippen molar-refractivity contribution < 1.29 is 38.1 Å². The summed E-state index contributed by atoms with van der Waals surface area (Å²) in [5.41, 5.74) is -4.49. The normalized spacial score (nSPS) is 45.9. The number of nitrogens with one attached hydrogen (secondary N) is 2. The minimum atomic E-state index is -1.12. The molecule has 0 unspecified atom stereocenters. The highest BCUT2D eigenvalue weighted by Crippen LogP contribution is 2.81. The van der Waals surface area contributed by atoms with Gasteiger partial charge in [-0.15, -0.1) is 0 Å². The quantitative estimate of drug-likeness (QED) is 0.375. The van der Waals surface area contributed by atoms with Crippen molar-refractivity contribution in [2.24, 2.45) is 21.7 Å². The van der Waals surface area contributed by atoms with E-state index in [0.29, 0.717) is 0 Å². The Morgan fingerprint density at radius 2 is 0.781 bits per heavy atom. The molecule has 2 saturated carbocycles. The van der Waals surface area contributed by atoms with Gasteiger partial charge < -0.3 is 29.6 Å². The fourth-order valence-corrected chi connectivity index (χ4v) is 7.91. The summed E-state index contributed by atoms with van der Waals surface area (Å²) >= 11 is 0. The molecule has 6 fully saturated rings. The van der Waals surface area contributed by atoms with Gasteiger partial charge in [0.05, 0.1) is 26.4 Å². The predicted octanol–water partition coefficient (Wildman–Crippen LogP) is -0.314. The molecule has 2 N–H and O–H groups in total. The predicted molar refractivity (Wildman–Crippen MR) is 107 cm³/mol. The first-order valence-corrected chi connectivity index (χ1v) is 11.5. The topological polar surface area (TPSA) is 129 Å². The maximum atomic E-state index is 13.3. The molecule has 0 aromatic rings. The molecule has 0 amide bonds. The lowest BCUT2D eigenvalue weighted by Crippen LogP contribution is -3.06. The molecule has 6 rings (SSSR count).